The molecule has 0 saturated carbocycles. The molecule has 0 spiro atoms. The lowest BCUT2D eigenvalue weighted by Crippen LogP contribution is -2.04. The van der Waals surface area contributed by atoms with Crippen molar-refractivity contribution in [3.05, 3.63) is 29.1 Å². The molecule has 0 aliphatic heterocycles. The standard InChI is InChI=1S/C6H2BF5O/c7-13-6-4(11)2(9)1(8)3(10)5(6)12/h7H2. The van der Waals surface area contributed by atoms with Gasteiger partial charge in [-0.2, -0.15) is 8.78 Å². The molecule has 7 heteroatoms. The Hall–Kier alpha value is -1.27. The highest BCUT2D eigenvalue weighted by atomic mass is 19.2. The van der Waals surface area contributed by atoms with E-state index < -0.39 is 34.8 Å². The molecule has 0 N–H and O–H groups in total. The first-order chi connectivity index (χ1) is 6.00. The van der Waals surface area contributed by atoms with Crippen molar-refractivity contribution < 1.29 is 26.6 Å². The molecule has 0 amide bonds. The smallest absolute Gasteiger partial charge is 0.322 e. The number of halogens is 5. The van der Waals surface area contributed by atoms with E-state index in [1.807, 2.05) is 0 Å². The van der Waals surface area contributed by atoms with Gasteiger partial charge >= 0.3 is 8.05 Å². The Kier molecular flexibility index (Phi) is 2.44. The van der Waals surface area contributed by atoms with E-state index in [0.717, 1.165) is 8.05 Å². The molecule has 70 valence electrons. The van der Waals surface area contributed by atoms with Gasteiger partial charge in [-0.25, -0.2) is 13.2 Å². The Labute approximate surface area is 70.6 Å². The van der Waals surface area contributed by atoms with Gasteiger partial charge in [-0.05, 0) is 0 Å². The Balaban J connectivity index is 3.56. The first-order valence-corrected chi connectivity index (χ1v) is 3.06. The van der Waals surface area contributed by atoms with E-state index in [-0.39, 0.29) is 0 Å². The maximum atomic E-state index is 12.6. The molecule has 0 aromatic heterocycles. The summed E-state index contributed by atoms with van der Waals surface area (Å²) in [4.78, 5) is 0. The molecule has 1 aromatic rings. The summed E-state index contributed by atoms with van der Waals surface area (Å²) >= 11 is 0. The maximum absolute atomic E-state index is 12.6. The lowest BCUT2D eigenvalue weighted by molar-refractivity contribution is 0.352. The van der Waals surface area contributed by atoms with Crippen molar-refractivity contribution in [3.63, 3.8) is 0 Å². The molecule has 1 rings (SSSR count). The summed E-state index contributed by atoms with van der Waals surface area (Å²) in [5.74, 6) is -11.5. The molecule has 1 aromatic carbocycles. The largest absolute Gasteiger partial charge is 0.564 e. The number of hydrogen-bond acceptors (Lipinski definition) is 1. The van der Waals surface area contributed by atoms with Gasteiger partial charge in [-0.3, -0.25) is 0 Å². The van der Waals surface area contributed by atoms with E-state index >= 15 is 0 Å². The molecule has 0 unspecified atom stereocenters. The van der Waals surface area contributed by atoms with Gasteiger partial charge in [-0.15, -0.1) is 0 Å². The highest BCUT2D eigenvalue weighted by Crippen LogP contribution is 2.28. The summed E-state index contributed by atoms with van der Waals surface area (Å²) < 4.78 is 66.2. The molecule has 0 atom stereocenters. The van der Waals surface area contributed by atoms with Crippen LogP contribution >= 0.6 is 0 Å². The fourth-order valence-electron chi connectivity index (χ4n) is 0.764. The fraction of sp³-hybridized carbons (Fsp3) is 0. The van der Waals surface area contributed by atoms with Gasteiger partial charge in [0.25, 0.3) is 0 Å². The fourth-order valence-corrected chi connectivity index (χ4v) is 0.764. The summed E-state index contributed by atoms with van der Waals surface area (Å²) in [5.41, 5.74) is 0. The van der Waals surface area contributed by atoms with Crippen molar-refractivity contribution in [2.45, 2.75) is 0 Å². The van der Waals surface area contributed by atoms with Crippen LogP contribution in [0, 0.1) is 29.1 Å². The normalized spacial score (nSPS) is 10.2. The highest BCUT2D eigenvalue weighted by Gasteiger charge is 2.25. The van der Waals surface area contributed by atoms with E-state index in [0.29, 0.717) is 0 Å². The summed E-state index contributed by atoms with van der Waals surface area (Å²) in [6, 6.07) is 0. The van der Waals surface area contributed by atoms with Gasteiger partial charge in [0, 0.05) is 0 Å². The van der Waals surface area contributed by atoms with Crippen molar-refractivity contribution in [2.24, 2.45) is 0 Å². The van der Waals surface area contributed by atoms with Crippen LogP contribution in [-0.2, 0) is 0 Å². The SMILES string of the molecule is BOc1c(F)c(F)c(F)c(F)c1F. The molecule has 0 heterocycles. The first-order valence-electron chi connectivity index (χ1n) is 3.06. The number of rotatable bonds is 1. The zero-order chi connectivity index (χ0) is 10.2. The van der Waals surface area contributed by atoms with Crippen LogP contribution in [-0.4, -0.2) is 8.05 Å². The highest BCUT2D eigenvalue weighted by molar-refractivity contribution is 6.00. The second-order valence-corrected chi connectivity index (χ2v) is 2.10. The third-order valence-corrected chi connectivity index (χ3v) is 1.37. The minimum atomic E-state index is -2.20. The summed E-state index contributed by atoms with van der Waals surface area (Å²) in [5, 5.41) is 0. The van der Waals surface area contributed by atoms with Crippen molar-refractivity contribution in [1.82, 2.24) is 0 Å². The summed E-state index contributed by atoms with van der Waals surface area (Å²) in [6.07, 6.45) is 0. The average Bonchev–Trinajstić information content (AvgIpc) is 2.13. The zero-order valence-corrected chi connectivity index (χ0v) is 6.30. The van der Waals surface area contributed by atoms with Crippen LogP contribution in [0.4, 0.5) is 22.0 Å². The number of hydrogen-bond donors (Lipinski definition) is 0. The van der Waals surface area contributed by atoms with Crippen LogP contribution in [0.3, 0.4) is 0 Å². The molecular weight excluding hydrogens is 194 g/mol. The van der Waals surface area contributed by atoms with Crippen molar-refractivity contribution in [3.8, 4) is 5.75 Å². The predicted octanol–water partition coefficient (Wildman–Crippen LogP) is 1.31. The molecule has 0 aliphatic carbocycles. The average molecular weight is 196 g/mol. The summed E-state index contributed by atoms with van der Waals surface area (Å²) in [6.45, 7) is 0. The molecule has 0 bridgehead atoms. The van der Waals surface area contributed by atoms with Crippen molar-refractivity contribution in [2.75, 3.05) is 0 Å². The second-order valence-electron chi connectivity index (χ2n) is 2.10. The van der Waals surface area contributed by atoms with Gasteiger partial charge in [-0.1, -0.05) is 0 Å². The second kappa shape index (κ2) is 3.23. The van der Waals surface area contributed by atoms with Gasteiger partial charge in [0.05, 0.1) is 0 Å². The molecule has 0 radical (unpaired) electrons. The molecule has 0 saturated heterocycles. The van der Waals surface area contributed by atoms with Crippen LogP contribution in [0.15, 0.2) is 0 Å². The van der Waals surface area contributed by atoms with Crippen LogP contribution in [0.1, 0.15) is 0 Å². The summed E-state index contributed by atoms with van der Waals surface area (Å²) in [7, 11) is 0.804. The molecule has 1 nitrogen and oxygen atoms in total. The molecule has 0 aliphatic rings. The molecule has 0 fully saturated rings. The van der Waals surface area contributed by atoms with E-state index in [1.165, 1.54) is 0 Å². The van der Waals surface area contributed by atoms with Gasteiger partial charge in [0.1, 0.15) is 0 Å². The van der Waals surface area contributed by atoms with E-state index in [1.54, 1.807) is 0 Å². The van der Waals surface area contributed by atoms with E-state index in [2.05, 4.69) is 4.65 Å². The molecular formula is C6H2BF5O. The number of benzene rings is 1. The molecule has 13 heavy (non-hydrogen) atoms. The van der Waals surface area contributed by atoms with Gasteiger partial charge in [0.2, 0.25) is 29.1 Å². The van der Waals surface area contributed by atoms with Crippen LogP contribution in [0.5, 0.6) is 5.75 Å². The van der Waals surface area contributed by atoms with Gasteiger partial charge in [0.15, 0.2) is 5.75 Å². The van der Waals surface area contributed by atoms with Crippen molar-refractivity contribution >= 4 is 8.05 Å². The van der Waals surface area contributed by atoms with E-state index in [4.69, 9.17) is 0 Å². The third-order valence-electron chi connectivity index (χ3n) is 1.37. The monoisotopic (exact) mass is 196 g/mol. The van der Waals surface area contributed by atoms with Crippen LogP contribution in [0.2, 0.25) is 0 Å². The zero-order valence-electron chi connectivity index (χ0n) is 6.30. The van der Waals surface area contributed by atoms with Crippen molar-refractivity contribution in [1.29, 1.82) is 0 Å². The topological polar surface area (TPSA) is 9.23 Å². The quantitative estimate of drug-likeness (QED) is 0.284. The Morgan fingerprint density at radius 2 is 1.00 bits per heavy atom. The van der Waals surface area contributed by atoms with Crippen LogP contribution in [0.25, 0.3) is 0 Å². The minimum absolute atomic E-state index is 0.804. The van der Waals surface area contributed by atoms with E-state index in [9.17, 15) is 22.0 Å². The maximum Gasteiger partial charge on any atom is 0.322 e. The predicted molar refractivity (Wildman–Crippen MR) is 35.4 cm³/mol. The first kappa shape index (κ1) is 9.82. The lowest BCUT2D eigenvalue weighted by atomic mass is 10.2. The Morgan fingerprint density at radius 3 is 1.31 bits per heavy atom. The third kappa shape index (κ3) is 1.34. The van der Waals surface area contributed by atoms with Crippen LogP contribution < -0.4 is 4.65 Å². The Morgan fingerprint density at radius 1 is 0.692 bits per heavy atom. The minimum Gasteiger partial charge on any atom is -0.564 e. The lowest BCUT2D eigenvalue weighted by Gasteiger charge is -2.06. The Bertz CT molecular complexity index is 324. The van der Waals surface area contributed by atoms with Gasteiger partial charge < -0.3 is 4.65 Å².